The van der Waals surface area contributed by atoms with Crippen LogP contribution in [0.3, 0.4) is 0 Å². The number of pyridine rings is 1. The predicted octanol–water partition coefficient (Wildman–Crippen LogP) is 3.10. The van der Waals surface area contributed by atoms with Gasteiger partial charge in [0.05, 0.1) is 0 Å². The maximum Gasteiger partial charge on any atom is 0.157 e. The maximum absolute atomic E-state index is 5.79. The van der Waals surface area contributed by atoms with Gasteiger partial charge in [0.2, 0.25) is 0 Å². The van der Waals surface area contributed by atoms with Gasteiger partial charge in [-0.05, 0) is 43.4 Å². The minimum Gasteiger partial charge on any atom is -0.370 e. The molecular formula is C13H19ClN4. The number of fused-ring (bicyclic) bond motifs is 1. The summed E-state index contributed by atoms with van der Waals surface area (Å²) >= 11 is 5.79. The van der Waals surface area contributed by atoms with E-state index < -0.39 is 0 Å². The largest absolute Gasteiger partial charge is 0.370 e. The van der Waals surface area contributed by atoms with E-state index in [-0.39, 0.29) is 0 Å². The summed E-state index contributed by atoms with van der Waals surface area (Å²) in [6.07, 6.45) is 3.83. The summed E-state index contributed by atoms with van der Waals surface area (Å²) in [5, 5.41) is 7.62. The second kappa shape index (κ2) is 6.05. The van der Waals surface area contributed by atoms with Gasteiger partial charge in [0.25, 0.3) is 0 Å². The second-order valence-electron chi connectivity index (χ2n) is 4.78. The Bertz CT molecular complexity index is 509. The molecule has 0 amide bonds. The van der Waals surface area contributed by atoms with Crippen molar-refractivity contribution >= 4 is 23.1 Å². The summed E-state index contributed by atoms with van der Waals surface area (Å²) in [5.41, 5.74) is 2.07. The van der Waals surface area contributed by atoms with Crippen molar-refractivity contribution in [1.29, 1.82) is 0 Å². The molecule has 1 atom stereocenters. The van der Waals surface area contributed by atoms with E-state index in [1.54, 1.807) is 6.33 Å². The monoisotopic (exact) mass is 266 g/mol. The van der Waals surface area contributed by atoms with Crippen LogP contribution in [-0.2, 0) is 0 Å². The SMILES string of the molecule is Cc1cc(NCCCC(C)CCl)n2ncnc2c1. The minimum absolute atomic E-state index is 0.581. The predicted molar refractivity (Wildman–Crippen MR) is 75.3 cm³/mol. The van der Waals surface area contributed by atoms with Crippen LogP contribution in [0.5, 0.6) is 0 Å². The normalized spacial score (nSPS) is 12.8. The van der Waals surface area contributed by atoms with Crippen molar-refractivity contribution in [3.05, 3.63) is 24.0 Å². The molecule has 2 aromatic rings. The second-order valence-corrected chi connectivity index (χ2v) is 5.09. The molecule has 0 aliphatic carbocycles. The Hall–Kier alpha value is -1.29. The molecule has 18 heavy (non-hydrogen) atoms. The van der Waals surface area contributed by atoms with E-state index >= 15 is 0 Å². The van der Waals surface area contributed by atoms with Crippen molar-refractivity contribution in [2.45, 2.75) is 26.7 Å². The molecule has 0 aliphatic heterocycles. The third kappa shape index (κ3) is 3.13. The number of aryl methyl sites for hydroxylation is 1. The van der Waals surface area contributed by atoms with Gasteiger partial charge in [0.15, 0.2) is 5.65 Å². The third-order valence-corrected chi connectivity index (χ3v) is 3.49. The lowest BCUT2D eigenvalue weighted by Gasteiger charge is -2.10. The number of hydrogen-bond acceptors (Lipinski definition) is 3. The lowest BCUT2D eigenvalue weighted by Crippen LogP contribution is -2.08. The molecule has 0 bridgehead atoms. The molecule has 0 spiro atoms. The van der Waals surface area contributed by atoms with Crippen molar-refractivity contribution in [1.82, 2.24) is 14.6 Å². The van der Waals surface area contributed by atoms with Crippen molar-refractivity contribution < 1.29 is 0 Å². The van der Waals surface area contributed by atoms with Crippen LogP contribution in [0.1, 0.15) is 25.3 Å². The van der Waals surface area contributed by atoms with E-state index in [9.17, 15) is 0 Å². The van der Waals surface area contributed by atoms with Crippen LogP contribution in [-0.4, -0.2) is 27.0 Å². The highest BCUT2D eigenvalue weighted by Crippen LogP contribution is 2.14. The molecule has 0 saturated carbocycles. The van der Waals surface area contributed by atoms with E-state index in [1.165, 1.54) is 5.56 Å². The average molecular weight is 267 g/mol. The van der Waals surface area contributed by atoms with Gasteiger partial charge in [-0.15, -0.1) is 11.6 Å². The molecular weight excluding hydrogens is 248 g/mol. The Morgan fingerprint density at radius 3 is 3.06 bits per heavy atom. The van der Waals surface area contributed by atoms with Gasteiger partial charge in [-0.2, -0.15) is 9.61 Å². The van der Waals surface area contributed by atoms with Crippen LogP contribution in [0, 0.1) is 12.8 Å². The van der Waals surface area contributed by atoms with Crippen LogP contribution in [0.15, 0.2) is 18.5 Å². The number of halogens is 1. The molecule has 5 heteroatoms. The zero-order valence-electron chi connectivity index (χ0n) is 10.9. The fourth-order valence-electron chi connectivity index (χ4n) is 1.93. The molecule has 4 nitrogen and oxygen atoms in total. The first-order valence-electron chi connectivity index (χ1n) is 6.31. The number of nitrogens with one attached hydrogen (secondary N) is 1. The molecule has 0 saturated heterocycles. The molecule has 2 heterocycles. The molecule has 0 fully saturated rings. The van der Waals surface area contributed by atoms with E-state index in [0.717, 1.165) is 36.7 Å². The average Bonchev–Trinajstić information content (AvgIpc) is 2.81. The zero-order chi connectivity index (χ0) is 13.0. The summed E-state index contributed by atoms with van der Waals surface area (Å²) in [7, 11) is 0. The van der Waals surface area contributed by atoms with Crippen LogP contribution in [0.2, 0.25) is 0 Å². The van der Waals surface area contributed by atoms with Crippen molar-refractivity contribution in [3.8, 4) is 0 Å². The van der Waals surface area contributed by atoms with Gasteiger partial charge < -0.3 is 5.32 Å². The van der Waals surface area contributed by atoms with E-state index in [2.05, 4.69) is 35.3 Å². The van der Waals surface area contributed by atoms with Crippen LogP contribution in [0.4, 0.5) is 5.82 Å². The third-order valence-electron chi connectivity index (χ3n) is 2.97. The maximum atomic E-state index is 5.79. The first-order valence-corrected chi connectivity index (χ1v) is 6.84. The smallest absolute Gasteiger partial charge is 0.157 e. The molecule has 0 aromatic carbocycles. The van der Waals surface area contributed by atoms with Crippen LogP contribution < -0.4 is 5.32 Å². The van der Waals surface area contributed by atoms with Crippen molar-refractivity contribution in [2.24, 2.45) is 5.92 Å². The molecule has 0 radical (unpaired) electrons. The van der Waals surface area contributed by atoms with Crippen LogP contribution >= 0.6 is 11.6 Å². The molecule has 2 aromatic heterocycles. The Labute approximate surface area is 112 Å². The summed E-state index contributed by atoms with van der Waals surface area (Å²) < 4.78 is 1.83. The van der Waals surface area contributed by atoms with Crippen LogP contribution in [0.25, 0.3) is 5.65 Å². The number of alkyl halides is 1. The standard InChI is InChI=1S/C13H19ClN4/c1-10(8-14)4-3-5-15-12-6-11(2)7-13-16-9-17-18(12)13/h6-7,9-10,15H,3-5,8H2,1-2H3. The van der Waals surface area contributed by atoms with E-state index in [4.69, 9.17) is 11.6 Å². The van der Waals surface area contributed by atoms with Crippen molar-refractivity contribution in [2.75, 3.05) is 17.7 Å². The Kier molecular flexibility index (Phi) is 4.42. The topological polar surface area (TPSA) is 42.2 Å². The highest BCUT2D eigenvalue weighted by Gasteiger charge is 2.04. The fraction of sp³-hybridized carbons (Fsp3) is 0.538. The molecule has 1 N–H and O–H groups in total. The molecule has 1 unspecified atom stereocenters. The van der Waals surface area contributed by atoms with Crippen molar-refractivity contribution in [3.63, 3.8) is 0 Å². The van der Waals surface area contributed by atoms with E-state index in [0.29, 0.717) is 5.92 Å². The Morgan fingerprint density at radius 2 is 2.28 bits per heavy atom. The first kappa shape index (κ1) is 13.1. The summed E-state index contributed by atoms with van der Waals surface area (Å²) in [5.74, 6) is 2.32. The van der Waals surface area contributed by atoms with Gasteiger partial charge in [-0.3, -0.25) is 0 Å². The number of nitrogens with zero attached hydrogens (tertiary/aromatic N) is 3. The quantitative estimate of drug-likeness (QED) is 0.645. The molecule has 98 valence electrons. The number of aromatic nitrogens is 3. The Balaban J connectivity index is 1.97. The van der Waals surface area contributed by atoms with Gasteiger partial charge >= 0.3 is 0 Å². The number of anilines is 1. The Morgan fingerprint density at radius 1 is 1.44 bits per heavy atom. The van der Waals surface area contributed by atoms with Gasteiger partial charge in [-0.25, -0.2) is 4.98 Å². The summed E-state index contributed by atoms with van der Waals surface area (Å²) in [6, 6.07) is 4.11. The lowest BCUT2D eigenvalue weighted by molar-refractivity contribution is 0.572. The fourth-order valence-corrected chi connectivity index (χ4v) is 2.08. The van der Waals surface area contributed by atoms with Gasteiger partial charge in [-0.1, -0.05) is 6.92 Å². The molecule has 2 rings (SSSR count). The number of hydrogen-bond donors (Lipinski definition) is 1. The summed E-state index contributed by atoms with van der Waals surface area (Å²) in [4.78, 5) is 4.20. The van der Waals surface area contributed by atoms with Gasteiger partial charge in [0, 0.05) is 12.4 Å². The zero-order valence-corrected chi connectivity index (χ0v) is 11.6. The highest BCUT2D eigenvalue weighted by atomic mass is 35.5. The highest BCUT2D eigenvalue weighted by molar-refractivity contribution is 6.18. The molecule has 0 aliphatic rings. The summed E-state index contributed by atoms with van der Waals surface area (Å²) in [6.45, 7) is 5.17. The first-order chi connectivity index (χ1) is 8.70. The lowest BCUT2D eigenvalue weighted by atomic mass is 10.1. The number of rotatable bonds is 6. The van der Waals surface area contributed by atoms with Gasteiger partial charge in [0.1, 0.15) is 12.1 Å². The minimum atomic E-state index is 0.581. The van der Waals surface area contributed by atoms with E-state index in [1.807, 2.05) is 10.6 Å².